The Balaban J connectivity index is 2.51. The van der Waals surface area contributed by atoms with Gasteiger partial charge in [-0.15, -0.1) is 0 Å². The van der Waals surface area contributed by atoms with E-state index in [1.165, 1.54) is 0 Å². The molecule has 0 bridgehead atoms. The van der Waals surface area contributed by atoms with Crippen molar-refractivity contribution in [2.45, 2.75) is 6.04 Å². The molecule has 1 heterocycles. The van der Waals surface area contributed by atoms with Gasteiger partial charge in [0.2, 0.25) is 0 Å². The zero-order chi connectivity index (χ0) is 9.42. The number of fused-ring (bicyclic) bond motifs is 1. The Morgan fingerprint density at radius 2 is 2.38 bits per heavy atom. The van der Waals surface area contributed by atoms with Gasteiger partial charge in [0.25, 0.3) is 0 Å². The molecule has 0 amide bonds. The highest BCUT2D eigenvalue weighted by molar-refractivity contribution is 6.32. The monoisotopic (exact) mass is 198 g/mol. The molecule has 0 aliphatic carbocycles. The first-order chi connectivity index (χ1) is 6.22. The molecule has 3 N–H and O–H groups in total. The van der Waals surface area contributed by atoms with Crippen LogP contribution in [-0.2, 0) is 0 Å². The van der Waals surface area contributed by atoms with Crippen molar-refractivity contribution in [3.8, 4) is 5.75 Å². The van der Waals surface area contributed by atoms with E-state index in [-0.39, 0.29) is 6.04 Å². The van der Waals surface area contributed by atoms with Gasteiger partial charge in [0.05, 0.1) is 12.1 Å². The summed E-state index contributed by atoms with van der Waals surface area (Å²) in [5.41, 5.74) is 7.94. The Kier molecular flexibility index (Phi) is 2.06. The molecule has 0 saturated carbocycles. The van der Waals surface area contributed by atoms with Crippen LogP contribution in [0.4, 0.5) is 5.69 Å². The Bertz CT molecular complexity index is 341. The molecular weight excluding hydrogens is 188 g/mol. The van der Waals surface area contributed by atoms with E-state index in [9.17, 15) is 0 Å². The van der Waals surface area contributed by atoms with Crippen LogP contribution in [0.15, 0.2) is 12.1 Å². The molecule has 1 aliphatic rings. The van der Waals surface area contributed by atoms with Gasteiger partial charge < -0.3 is 15.8 Å². The Hall–Kier alpha value is -0.930. The topological polar surface area (TPSA) is 47.3 Å². The van der Waals surface area contributed by atoms with Gasteiger partial charge in [-0.25, -0.2) is 0 Å². The number of nitrogens with one attached hydrogen (secondary N) is 1. The maximum Gasteiger partial charge on any atom is 0.137 e. The van der Waals surface area contributed by atoms with Gasteiger partial charge in [-0.1, -0.05) is 11.6 Å². The maximum atomic E-state index is 5.95. The van der Waals surface area contributed by atoms with Crippen LogP contribution in [0.3, 0.4) is 0 Å². The summed E-state index contributed by atoms with van der Waals surface area (Å²) in [6.07, 6.45) is 0. The molecule has 0 radical (unpaired) electrons. The first kappa shape index (κ1) is 8.66. The Labute approximate surface area is 81.8 Å². The lowest BCUT2D eigenvalue weighted by atomic mass is 10.1. The van der Waals surface area contributed by atoms with Gasteiger partial charge in [0.15, 0.2) is 0 Å². The number of hydrogen-bond donors (Lipinski definition) is 2. The van der Waals surface area contributed by atoms with Crippen molar-refractivity contribution in [2.75, 3.05) is 19.0 Å². The first-order valence-electron chi connectivity index (χ1n) is 4.09. The van der Waals surface area contributed by atoms with Gasteiger partial charge in [-0.05, 0) is 17.7 Å². The van der Waals surface area contributed by atoms with Crippen molar-refractivity contribution < 1.29 is 4.74 Å². The van der Waals surface area contributed by atoms with Crippen LogP contribution < -0.4 is 15.8 Å². The molecule has 0 spiro atoms. The van der Waals surface area contributed by atoms with E-state index in [2.05, 4.69) is 5.32 Å². The minimum absolute atomic E-state index is 0.0427. The van der Waals surface area contributed by atoms with Crippen LogP contribution in [0.5, 0.6) is 5.75 Å². The normalized spacial score (nSPS) is 19.5. The highest BCUT2D eigenvalue weighted by Gasteiger charge is 2.20. The van der Waals surface area contributed by atoms with E-state index in [0.717, 1.165) is 17.8 Å². The molecule has 1 aromatic carbocycles. The van der Waals surface area contributed by atoms with Gasteiger partial charge >= 0.3 is 0 Å². The van der Waals surface area contributed by atoms with Gasteiger partial charge in [0, 0.05) is 18.3 Å². The average molecular weight is 199 g/mol. The molecule has 0 fully saturated rings. The SMILES string of the molecule is COc1cc2c(cc1Cl)NCC2N. The predicted molar refractivity (Wildman–Crippen MR) is 53.4 cm³/mol. The fraction of sp³-hybridized carbons (Fsp3) is 0.333. The fourth-order valence-corrected chi connectivity index (χ4v) is 1.76. The largest absolute Gasteiger partial charge is 0.495 e. The van der Waals surface area contributed by atoms with Crippen LogP contribution in [0.25, 0.3) is 0 Å². The molecule has 1 aromatic rings. The van der Waals surface area contributed by atoms with E-state index in [4.69, 9.17) is 22.1 Å². The number of rotatable bonds is 1. The third-order valence-electron chi connectivity index (χ3n) is 2.24. The van der Waals surface area contributed by atoms with E-state index in [1.54, 1.807) is 7.11 Å². The second kappa shape index (κ2) is 3.09. The second-order valence-electron chi connectivity index (χ2n) is 3.06. The van der Waals surface area contributed by atoms with Crippen molar-refractivity contribution in [3.63, 3.8) is 0 Å². The number of methoxy groups -OCH3 is 1. The Morgan fingerprint density at radius 1 is 1.62 bits per heavy atom. The van der Waals surface area contributed by atoms with E-state index < -0.39 is 0 Å². The number of anilines is 1. The molecular formula is C9H11ClN2O. The molecule has 1 aliphatic heterocycles. The van der Waals surface area contributed by atoms with Crippen LogP contribution in [0.2, 0.25) is 5.02 Å². The van der Waals surface area contributed by atoms with Gasteiger partial charge in [-0.2, -0.15) is 0 Å². The van der Waals surface area contributed by atoms with Crippen molar-refractivity contribution in [1.29, 1.82) is 0 Å². The second-order valence-corrected chi connectivity index (χ2v) is 3.47. The number of hydrogen-bond acceptors (Lipinski definition) is 3. The molecule has 1 unspecified atom stereocenters. The van der Waals surface area contributed by atoms with Gasteiger partial charge in [0.1, 0.15) is 5.75 Å². The standard InChI is InChI=1S/C9H11ClN2O/c1-13-9-2-5-7(11)4-12-8(5)3-6(9)10/h2-3,7,12H,4,11H2,1H3. The highest BCUT2D eigenvalue weighted by atomic mass is 35.5. The highest BCUT2D eigenvalue weighted by Crippen LogP contribution is 2.36. The van der Waals surface area contributed by atoms with Crippen LogP contribution in [-0.4, -0.2) is 13.7 Å². The molecule has 4 heteroatoms. The number of nitrogens with two attached hydrogens (primary N) is 1. The van der Waals surface area contributed by atoms with Crippen LogP contribution >= 0.6 is 11.6 Å². The van der Waals surface area contributed by atoms with E-state index in [1.807, 2.05) is 12.1 Å². The predicted octanol–water partition coefficient (Wildman–Crippen LogP) is 1.77. The average Bonchev–Trinajstić information content (AvgIpc) is 2.46. The van der Waals surface area contributed by atoms with Crippen molar-refractivity contribution in [2.24, 2.45) is 5.73 Å². The molecule has 13 heavy (non-hydrogen) atoms. The summed E-state index contributed by atoms with van der Waals surface area (Å²) >= 11 is 5.95. The minimum atomic E-state index is 0.0427. The van der Waals surface area contributed by atoms with Crippen LogP contribution in [0, 0.1) is 0 Å². The third kappa shape index (κ3) is 1.34. The lowest BCUT2D eigenvalue weighted by Crippen LogP contribution is -2.11. The zero-order valence-electron chi connectivity index (χ0n) is 7.30. The number of halogens is 1. The summed E-state index contributed by atoms with van der Waals surface area (Å²) < 4.78 is 5.10. The van der Waals surface area contributed by atoms with Crippen LogP contribution in [0.1, 0.15) is 11.6 Å². The summed E-state index contributed by atoms with van der Waals surface area (Å²) in [5, 5.41) is 3.79. The molecule has 3 nitrogen and oxygen atoms in total. The van der Waals surface area contributed by atoms with Crippen molar-refractivity contribution >= 4 is 17.3 Å². The third-order valence-corrected chi connectivity index (χ3v) is 2.53. The van der Waals surface area contributed by atoms with Gasteiger partial charge in [-0.3, -0.25) is 0 Å². The smallest absolute Gasteiger partial charge is 0.137 e. The fourth-order valence-electron chi connectivity index (χ4n) is 1.52. The lowest BCUT2D eigenvalue weighted by molar-refractivity contribution is 0.414. The minimum Gasteiger partial charge on any atom is -0.495 e. The molecule has 70 valence electrons. The zero-order valence-corrected chi connectivity index (χ0v) is 8.06. The number of benzene rings is 1. The summed E-state index contributed by atoms with van der Waals surface area (Å²) in [7, 11) is 1.60. The van der Waals surface area contributed by atoms with E-state index in [0.29, 0.717) is 10.8 Å². The first-order valence-corrected chi connectivity index (χ1v) is 4.47. The summed E-state index contributed by atoms with van der Waals surface area (Å²) in [6, 6.07) is 3.78. The molecule has 0 saturated heterocycles. The summed E-state index contributed by atoms with van der Waals surface area (Å²) in [6.45, 7) is 0.763. The quantitative estimate of drug-likeness (QED) is 0.723. The maximum absolute atomic E-state index is 5.95. The number of ether oxygens (including phenoxy) is 1. The summed E-state index contributed by atoms with van der Waals surface area (Å²) in [5.74, 6) is 0.680. The molecule has 1 atom stereocenters. The Morgan fingerprint density at radius 3 is 3.08 bits per heavy atom. The van der Waals surface area contributed by atoms with Crippen molar-refractivity contribution in [1.82, 2.24) is 0 Å². The molecule has 2 rings (SSSR count). The lowest BCUT2D eigenvalue weighted by Gasteiger charge is -2.07. The molecule has 0 aromatic heterocycles. The van der Waals surface area contributed by atoms with E-state index >= 15 is 0 Å². The van der Waals surface area contributed by atoms with Crippen molar-refractivity contribution in [3.05, 3.63) is 22.7 Å². The summed E-state index contributed by atoms with van der Waals surface area (Å²) in [4.78, 5) is 0.